The Morgan fingerprint density at radius 3 is 2.57 bits per heavy atom. The Bertz CT molecular complexity index is 934. The van der Waals surface area contributed by atoms with E-state index in [1.807, 2.05) is 0 Å². The van der Waals surface area contributed by atoms with E-state index in [1.165, 1.54) is 6.07 Å². The van der Waals surface area contributed by atoms with Crippen molar-refractivity contribution in [1.82, 2.24) is 0 Å². The van der Waals surface area contributed by atoms with E-state index in [-0.39, 0.29) is 5.43 Å². The molecule has 3 aromatic rings. The van der Waals surface area contributed by atoms with Gasteiger partial charge in [0.2, 0.25) is 5.43 Å². The van der Waals surface area contributed by atoms with Crippen molar-refractivity contribution in [3.8, 4) is 5.75 Å². The van der Waals surface area contributed by atoms with Gasteiger partial charge in [0.1, 0.15) is 16.9 Å². The fourth-order valence-corrected chi connectivity index (χ4v) is 2.04. The molecule has 0 aliphatic carbocycles. The Hall–Kier alpha value is -2.88. The molecule has 2 aromatic carbocycles. The van der Waals surface area contributed by atoms with Crippen LogP contribution in [0.2, 0.25) is 0 Å². The third-order valence-corrected chi connectivity index (χ3v) is 3.11. The first-order valence-corrected chi connectivity index (χ1v) is 6.39. The highest BCUT2D eigenvalue weighted by Crippen LogP contribution is 2.23. The molecule has 0 unspecified atom stereocenters. The summed E-state index contributed by atoms with van der Waals surface area (Å²) in [6.07, 6.45) is 0. The molecule has 0 fully saturated rings. The van der Waals surface area contributed by atoms with Gasteiger partial charge in [-0.1, -0.05) is 18.7 Å². The van der Waals surface area contributed by atoms with Crippen LogP contribution in [0.15, 0.2) is 63.8 Å². The molecule has 3 rings (SSSR count). The molecule has 21 heavy (non-hydrogen) atoms. The van der Waals surface area contributed by atoms with Gasteiger partial charge in [-0.05, 0) is 31.2 Å². The Morgan fingerprint density at radius 1 is 1.10 bits per heavy atom. The maximum atomic E-state index is 12.3. The first-order chi connectivity index (χ1) is 10.1. The second kappa shape index (κ2) is 4.90. The largest absolute Gasteiger partial charge is 0.456 e. The maximum absolute atomic E-state index is 12.3. The van der Waals surface area contributed by atoms with Crippen molar-refractivity contribution in [2.75, 3.05) is 0 Å². The summed E-state index contributed by atoms with van der Waals surface area (Å²) in [5, 5.41) is 0.973. The lowest BCUT2D eigenvalue weighted by Crippen LogP contribution is -2.08. The summed E-state index contributed by atoms with van der Waals surface area (Å²) >= 11 is 0. The lowest BCUT2D eigenvalue weighted by molar-refractivity contribution is -0.130. The van der Waals surface area contributed by atoms with E-state index >= 15 is 0 Å². The minimum Gasteiger partial charge on any atom is -0.456 e. The van der Waals surface area contributed by atoms with Crippen molar-refractivity contribution in [3.63, 3.8) is 0 Å². The molecule has 0 atom stereocenters. The van der Waals surface area contributed by atoms with Gasteiger partial charge in [0.25, 0.3) is 0 Å². The number of hydrogen-bond donors (Lipinski definition) is 0. The van der Waals surface area contributed by atoms with Crippen LogP contribution >= 0.6 is 0 Å². The molecule has 1 aromatic heterocycles. The zero-order chi connectivity index (χ0) is 15.0. The molecule has 0 spiro atoms. The zero-order valence-electron chi connectivity index (χ0n) is 11.4. The van der Waals surface area contributed by atoms with Gasteiger partial charge in [0, 0.05) is 11.6 Å². The first kappa shape index (κ1) is 13.1. The van der Waals surface area contributed by atoms with E-state index in [0.717, 1.165) is 0 Å². The Morgan fingerprint density at radius 2 is 1.81 bits per heavy atom. The van der Waals surface area contributed by atoms with E-state index < -0.39 is 5.97 Å². The molecule has 1 heterocycles. The molecular formula is C17H12O4. The molecule has 0 bridgehead atoms. The standard InChI is InChI=1S/C17H12O4/c1-10(2)17(19)20-11-7-8-13-15(9-11)21-14-6-4-3-5-12(14)16(13)18/h3-9H,1H2,2H3. The second-order valence-electron chi connectivity index (χ2n) is 4.76. The quantitative estimate of drug-likeness (QED) is 0.312. The van der Waals surface area contributed by atoms with E-state index in [9.17, 15) is 9.59 Å². The van der Waals surface area contributed by atoms with Crippen LogP contribution in [0.3, 0.4) is 0 Å². The average Bonchev–Trinajstić information content (AvgIpc) is 2.47. The van der Waals surface area contributed by atoms with Crippen molar-refractivity contribution in [3.05, 3.63) is 64.8 Å². The van der Waals surface area contributed by atoms with Crippen LogP contribution in [0.5, 0.6) is 5.75 Å². The van der Waals surface area contributed by atoms with Gasteiger partial charge in [-0.15, -0.1) is 0 Å². The summed E-state index contributed by atoms with van der Waals surface area (Å²) < 4.78 is 10.8. The van der Waals surface area contributed by atoms with Crippen LogP contribution < -0.4 is 10.2 Å². The summed E-state index contributed by atoms with van der Waals surface area (Å²) in [6.45, 7) is 5.09. The second-order valence-corrected chi connectivity index (χ2v) is 4.76. The number of benzene rings is 2. The van der Waals surface area contributed by atoms with Crippen LogP contribution in [0.4, 0.5) is 0 Å². The molecule has 0 saturated carbocycles. The molecule has 104 valence electrons. The SMILES string of the molecule is C=C(C)C(=O)Oc1ccc2c(=O)c3ccccc3oc2c1. The number of esters is 1. The number of para-hydroxylation sites is 1. The van der Waals surface area contributed by atoms with Crippen LogP contribution in [0, 0.1) is 0 Å². The number of ether oxygens (including phenoxy) is 1. The van der Waals surface area contributed by atoms with Crippen molar-refractivity contribution >= 4 is 27.9 Å². The topological polar surface area (TPSA) is 56.5 Å². The fraction of sp³-hybridized carbons (Fsp3) is 0.0588. The Labute approximate surface area is 120 Å². The number of carbonyl (C=O) groups is 1. The van der Waals surface area contributed by atoms with Crippen molar-refractivity contribution < 1.29 is 13.9 Å². The molecule has 0 N–H and O–H groups in total. The fourth-order valence-electron chi connectivity index (χ4n) is 2.04. The summed E-state index contributed by atoms with van der Waals surface area (Å²) in [5.41, 5.74) is 1.07. The molecule has 0 amide bonds. The van der Waals surface area contributed by atoms with Crippen LogP contribution in [-0.4, -0.2) is 5.97 Å². The first-order valence-electron chi connectivity index (χ1n) is 6.39. The van der Waals surface area contributed by atoms with E-state index in [4.69, 9.17) is 9.15 Å². The molecule has 0 aliphatic rings. The van der Waals surface area contributed by atoms with E-state index in [0.29, 0.717) is 33.3 Å². The van der Waals surface area contributed by atoms with Gasteiger partial charge < -0.3 is 9.15 Å². The number of rotatable bonds is 2. The molecule has 0 saturated heterocycles. The van der Waals surface area contributed by atoms with Crippen molar-refractivity contribution in [2.45, 2.75) is 6.92 Å². The predicted octanol–water partition coefficient (Wildman–Crippen LogP) is 3.43. The smallest absolute Gasteiger partial charge is 0.338 e. The lowest BCUT2D eigenvalue weighted by Gasteiger charge is -2.05. The molecule has 0 aliphatic heterocycles. The highest BCUT2D eigenvalue weighted by Gasteiger charge is 2.10. The third kappa shape index (κ3) is 2.31. The number of fused-ring (bicyclic) bond motifs is 2. The van der Waals surface area contributed by atoms with Crippen LogP contribution in [0.25, 0.3) is 21.9 Å². The van der Waals surface area contributed by atoms with Gasteiger partial charge in [-0.2, -0.15) is 0 Å². The average molecular weight is 280 g/mol. The lowest BCUT2D eigenvalue weighted by atomic mass is 10.1. The molecule has 4 heteroatoms. The Balaban J connectivity index is 2.18. The van der Waals surface area contributed by atoms with Gasteiger partial charge in [-0.25, -0.2) is 4.79 Å². The summed E-state index contributed by atoms with van der Waals surface area (Å²) in [4.78, 5) is 23.9. The molecule has 0 radical (unpaired) electrons. The monoisotopic (exact) mass is 280 g/mol. The number of hydrogen-bond acceptors (Lipinski definition) is 4. The zero-order valence-corrected chi connectivity index (χ0v) is 11.4. The van der Waals surface area contributed by atoms with Crippen LogP contribution in [0.1, 0.15) is 6.92 Å². The Kier molecular flexibility index (Phi) is 3.06. The summed E-state index contributed by atoms with van der Waals surface area (Å²) in [5.74, 6) is -0.202. The minimum atomic E-state index is -0.516. The van der Waals surface area contributed by atoms with Gasteiger partial charge in [0.15, 0.2) is 0 Å². The normalized spacial score (nSPS) is 10.7. The summed E-state index contributed by atoms with van der Waals surface area (Å²) in [6, 6.07) is 11.7. The van der Waals surface area contributed by atoms with Crippen LogP contribution in [-0.2, 0) is 4.79 Å². The van der Waals surface area contributed by atoms with Crippen molar-refractivity contribution in [2.24, 2.45) is 0 Å². The highest BCUT2D eigenvalue weighted by molar-refractivity contribution is 5.92. The molecular weight excluding hydrogens is 268 g/mol. The highest BCUT2D eigenvalue weighted by atomic mass is 16.5. The predicted molar refractivity (Wildman–Crippen MR) is 80.4 cm³/mol. The minimum absolute atomic E-state index is 0.107. The van der Waals surface area contributed by atoms with Gasteiger partial charge >= 0.3 is 5.97 Å². The maximum Gasteiger partial charge on any atom is 0.338 e. The molecule has 4 nitrogen and oxygen atoms in total. The van der Waals surface area contributed by atoms with E-state index in [2.05, 4.69) is 6.58 Å². The van der Waals surface area contributed by atoms with E-state index in [1.54, 1.807) is 43.3 Å². The summed E-state index contributed by atoms with van der Waals surface area (Å²) in [7, 11) is 0. The van der Waals surface area contributed by atoms with Gasteiger partial charge in [-0.3, -0.25) is 4.79 Å². The van der Waals surface area contributed by atoms with Crippen molar-refractivity contribution in [1.29, 1.82) is 0 Å². The van der Waals surface area contributed by atoms with Gasteiger partial charge in [0.05, 0.1) is 10.8 Å². The third-order valence-electron chi connectivity index (χ3n) is 3.11. The number of carbonyl (C=O) groups excluding carboxylic acids is 1.